The Labute approximate surface area is 136 Å². The number of hydrogen-bond donors (Lipinski definition) is 4. The quantitative estimate of drug-likeness (QED) is 0.655. The molecule has 0 spiro atoms. The van der Waals surface area contributed by atoms with Crippen molar-refractivity contribution in [3.8, 4) is 0 Å². The Balaban J connectivity index is 1.61. The van der Waals surface area contributed by atoms with Crippen LogP contribution in [0.1, 0.15) is 18.4 Å². The number of rotatable bonds is 5. The van der Waals surface area contributed by atoms with E-state index in [1.807, 2.05) is 42.5 Å². The predicted molar refractivity (Wildman–Crippen MR) is 89.2 cm³/mol. The number of aliphatic hydroxyl groups is 1. The average molecular weight is 313 g/mol. The van der Waals surface area contributed by atoms with Crippen molar-refractivity contribution in [2.75, 3.05) is 6.61 Å². The summed E-state index contributed by atoms with van der Waals surface area (Å²) in [5, 5.41) is 12.6. The molecule has 3 rings (SSSR count). The first kappa shape index (κ1) is 15.8. The zero-order valence-corrected chi connectivity index (χ0v) is 13.0. The van der Waals surface area contributed by atoms with Gasteiger partial charge < -0.3 is 15.8 Å². The Morgan fingerprint density at radius 2 is 2.17 bits per heavy atom. The van der Waals surface area contributed by atoms with Gasteiger partial charge in [0.1, 0.15) is 6.04 Å². The van der Waals surface area contributed by atoms with Gasteiger partial charge in [-0.2, -0.15) is 0 Å². The molecule has 1 aliphatic carbocycles. The van der Waals surface area contributed by atoms with Crippen LogP contribution in [0.5, 0.6) is 0 Å². The molecule has 3 atom stereocenters. The van der Waals surface area contributed by atoms with Gasteiger partial charge in [-0.3, -0.25) is 4.79 Å². The minimum absolute atomic E-state index is 0.0669. The van der Waals surface area contributed by atoms with Crippen molar-refractivity contribution in [1.82, 2.24) is 16.2 Å². The van der Waals surface area contributed by atoms with E-state index in [-0.39, 0.29) is 30.5 Å². The van der Waals surface area contributed by atoms with Crippen LogP contribution in [0, 0.1) is 5.92 Å². The molecule has 1 amide bonds. The molecule has 4 N–H and O–H groups in total. The van der Waals surface area contributed by atoms with E-state index in [2.05, 4.69) is 22.2 Å². The summed E-state index contributed by atoms with van der Waals surface area (Å²) in [6.45, 7) is -0.0737. The molecule has 0 aromatic heterocycles. The molecule has 1 aromatic carbocycles. The number of aliphatic hydroxyl groups excluding tert-OH is 1. The van der Waals surface area contributed by atoms with Crippen LogP contribution in [0.15, 0.2) is 54.3 Å². The first-order chi connectivity index (χ1) is 11.3. The van der Waals surface area contributed by atoms with Crippen molar-refractivity contribution in [1.29, 1.82) is 0 Å². The zero-order valence-electron chi connectivity index (χ0n) is 13.0. The van der Waals surface area contributed by atoms with Crippen molar-refractivity contribution in [2.45, 2.75) is 31.3 Å². The number of benzene rings is 1. The highest BCUT2D eigenvalue weighted by Gasteiger charge is 2.36. The molecule has 0 saturated carbocycles. The molecule has 5 heteroatoms. The molecular weight excluding hydrogens is 290 g/mol. The SMILES string of the molecule is O=C(N[C@@H](CO)Cc1ccccc1)C1NNC2=CC=CCCC21. The lowest BCUT2D eigenvalue weighted by Gasteiger charge is -2.21. The van der Waals surface area contributed by atoms with Crippen LogP contribution >= 0.6 is 0 Å². The second-order valence-electron chi connectivity index (χ2n) is 6.06. The number of hydrogen-bond acceptors (Lipinski definition) is 4. The predicted octanol–water partition coefficient (Wildman–Crippen LogP) is 1.03. The minimum atomic E-state index is -0.300. The number of allylic oxidation sites excluding steroid dienone is 3. The average Bonchev–Trinajstić information content (AvgIpc) is 2.84. The lowest BCUT2D eigenvalue weighted by atomic mass is 9.93. The summed E-state index contributed by atoms with van der Waals surface area (Å²) < 4.78 is 0. The molecule has 122 valence electrons. The molecular formula is C18H23N3O2. The van der Waals surface area contributed by atoms with Crippen molar-refractivity contribution in [2.24, 2.45) is 5.92 Å². The largest absolute Gasteiger partial charge is 0.394 e. The van der Waals surface area contributed by atoms with Gasteiger partial charge in [-0.1, -0.05) is 42.5 Å². The molecule has 23 heavy (non-hydrogen) atoms. The first-order valence-corrected chi connectivity index (χ1v) is 8.11. The summed E-state index contributed by atoms with van der Waals surface area (Å²) in [4.78, 5) is 12.6. The van der Waals surface area contributed by atoms with Gasteiger partial charge in [0.25, 0.3) is 0 Å². The normalized spacial score (nSPS) is 24.1. The number of fused-ring (bicyclic) bond motifs is 1. The third-order valence-electron chi connectivity index (χ3n) is 4.40. The van der Waals surface area contributed by atoms with Gasteiger partial charge in [0, 0.05) is 11.6 Å². The van der Waals surface area contributed by atoms with E-state index >= 15 is 0 Å². The molecule has 2 aliphatic rings. The summed E-state index contributed by atoms with van der Waals surface area (Å²) in [6.07, 6.45) is 8.68. The third kappa shape index (κ3) is 3.81. The maximum atomic E-state index is 12.6. The van der Waals surface area contributed by atoms with Gasteiger partial charge in [-0.15, -0.1) is 0 Å². The van der Waals surface area contributed by atoms with E-state index in [4.69, 9.17) is 0 Å². The number of nitrogens with one attached hydrogen (secondary N) is 3. The summed E-state index contributed by atoms with van der Waals surface area (Å²) >= 11 is 0. The molecule has 1 heterocycles. The highest BCUT2D eigenvalue weighted by Crippen LogP contribution is 2.26. The Kier molecular flexibility index (Phi) is 5.10. The Bertz CT molecular complexity index is 598. The van der Waals surface area contributed by atoms with Crippen LogP contribution in [0.3, 0.4) is 0 Å². The highest BCUT2D eigenvalue weighted by atomic mass is 16.3. The fraction of sp³-hybridized carbons (Fsp3) is 0.389. The molecule has 0 radical (unpaired) electrons. The van der Waals surface area contributed by atoms with Crippen molar-refractivity contribution in [3.63, 3.8) is 0 Å². The molecule has 1 aliphatic heterocycles. The van der Waals surface area contributed by atoms with Gasteiger partial charge in [-0.25, -0.2) is 5.43 Å². The van der Waals surface area contributed by atoms with Crippen LogP contribution < -0.4 is 16.2 Å². The monoisotopic (exact) mass is 313 g/mol. The number of hydrazine groups is 1. The summed E-state index contributed by atoms with van der Waals surface area (Å²) in [5.41, 5.74) is 8.34. The van der Waals surface area contributed by atoms with E-state index in [0.717, 1.165) is 24.1 Å². The second-order valence-corrected chi connectivity index (χ2v) is 6.06. The molecule has 0 bridgehead atoms. The van der Waals surface area contributed by atoms with E-state index in [0.29, 0.717) is 6.42 Å². The van der Waals surface area contributed by atoms with Crippen molar-refractivity contribution in [3.05, 3.63) is 59.8 Å². The Morgan fingerprint density at radius 1 is 1.35 bits per heavy atom. The van der Waals surface area contributed by atoms with E-state index < -0.39 is 0 Å². The van der Waals surface area contributed by atoms with Crippen LogP contribution in [-0.2, 0) is 11.2 Å². The number of carbonyl (C=O) groups excluding carboxylic acids is 1. The van der Waals surface area contributed by atoms with E-state index in [1.165, 1.54) is 0 Å². The molecule has 5 nitrogen and oxygen atoms in total. The van der Waals surface area contributed by atoms with E-state index in [9.17, 15) is 9.90 Å². The van der Waals surface area contributed by atoms with Gasteiger partial charge in [0.2, 0.25) is 5.91 Å². The van der Waals surface area contributed by atoms with Crippen LogP contribution in [0.2, 0.25) is 0 Å². The van der Waals surface area contributed by atoms with Gasteiger partial charge in [-0.05, 0) is 30.9 Å². The second kappa shape index (κ2) is 7.44. The number of amides is 1. The lowest BCUT2D eigenvalue weighted by Crippen LogP contribution is -2.50. The van der Waals surface area contributed by atoms with Crippen molar-refractivity contribution >= 4 is 5.91 Å². The summed E-state index contributed by atoms with van der Waals surface area (Å²) in [6, 6.07) is 9.31. The topological polar surface area (TPSA) is 73.4 Å². The van der Waals surface area contributed by atoms with E-state index in [1.54, 1.807) is 0 Å². The highest BCUT2D eigenvalue weighted by molar-refractivity contribution is 5.83. The Hall–Kier alpha value is -2.11. The standard InChI is InChI=1S/C18H23N3O2/c22-12-14(11-13-7-3-1-4-8-13)19-18(23)17-15-9-5-2-6-10-16(15)20-21-17/h1-4,6-8,10,14-15,17,20-22H,5,9,11-12H2,(H,19,23)/t14-,15?,17?/m1/s1. The van der Waals surface area contributed by atoms with Gasteiger partial charge in [0.15, 0.2) is 0 Å². The smallest absolute Gasteiger partial charge is 0.239 e. The fourth-order valence-electron chi connectivity index (χ4n) is 3.16. The maximum absolute atomic E-state index is 12.6. The van der Waals surface area contributed by atoms with Crippen LogP contribution in [0.25, 0.3) is 0 Å². The number of carbonyl (C=O) groups is 1. The molecule has 1 aromatic rings. The zero-order chi connectivity index (χ0) is 16.1. The van der Waals surface area contributed by atoms with Gasteiger partial charge >= 0.3 is 0 Å². The molecule has 2 unspecified atom stereocenters. The van der Waals surface area contributed by atoms with Crippen molar-refractivity contribution < 1.29 is 9.90 Å². The minimum Gasteiger partial charge on any atom is -0.394 e. The fourth-order valence-corrected chi connectivity index (χ4v) is 3.16. The summed E-state index contributed by atoms with van der Waals surface area (Å²) in [5.74, 6) is 0.0869. The Morgan fingerprint density at radius 3 is 2.96 bits per heavy atom. The first-order valence-electron chi connectivity index (χ1n) is 8.11. The maximum Gasteiger partial charge on any atom is 0.239 e. The molecule has 1 saturated heterocycles. The van der Waals surface area contributed by atoms with Gasteiger partial charge in [0.05, 0.1) is 12.6 Å². The van der Waals surface area contributed by atoms with Crippen LogP contribution in [0.4, 0.5) is 0 Å². The molecule has 1 fully saturated rings. The lowest BCUT2D eigenvalue weighted by molar-refractivity contribution is -0.124. The van der Waals surface area contributed by atoms with Crippen LogP contribution in [-0.4, -0.2) is 29.7 Å². The summed E-state index contributed by atoms with van der Waals surface area (Å²) in [7, 11) is 0. The third-order valence-corrected chi connectivity index (χ3v) is 4.40.